The minimum atomic E-state index is 0.114. The van der Waals surface area contributed by atoms with Crippen LogP contribution < -0.4 is 9.80 Å². The Morgan fingerprint density at radius 1 is 1.07 bits per heavy atom. The van der Waals surface area contributed by atoms with Gasteiger partial charge in [-0.25, -0.2) is 9.97 Å². The lowest BCUT2D eigenvalue weighted by molar-refractivity contribution is 0.101. The lowest BCUT2D eigenvalue weighted by Gasteiger charge is -2.37. The van der Waals surface area contributed by atoms with Crippen LogP contribution in [0.3, 0.4) is 0 Å². The second kappa shape index (κ2) is 7.41. The number of aryl methyl sites for hydroxylation is 1. The number of carbonyl (C=O) groups excluding carboxylic acids is 1. The third-order valence-electron chi connectivity index (χ3n) is 6.29. The van der Waals surface area contributed by atoms with Crippen LogP contribution in [0.2, 0.25) is 0 Å². The van der Waals surface area contributed by atoms with E-state index in [9.17, 15) is 4.79 Å². The number of carbonyl (C=O) groups is 1. The van der Waals surface area contributed by atoms with Gasteiger partial charge >= 0.3 is 0 Å². The van der Waals surface area contributed by atoms with Gasteiger partial charge in [-0.05, 0) is 61.9 Å². The topological polar surface area (TPSA) is 49.3 Å². The van der Waals surface area contributed by atoms with Gasteiger partial charge in [0.15, 0.2) is 5.78 Å². The van der Waals surface area contributed by atoms with E-state index in [4.69, 9.17) is 4.98 Å². The van der Waals surface area contributed by atoms with Gasteiger partial charge in [0.05, 0.1) is 5.39 Å². The van der Waals surface area contributed by atoms with Gasteiger partial charge < -0.3 is 9.80 Å². The molecule has 0 saturated carbocycles. The average Bonchev–Trinajstić information content (AvgIpc) is 3.11. The van der Waals surface area contributed by atoms with Crippen LogP contribution >= 0.6 is 11.3 Å². The van der Waals surface area contributed by atoms with Gasteiger partial charge in [-0.3, -0.25) is 4.79 Å². The lowest BCUT2D eigenvalue weighted by Crippen LogP contribution is -2.47. The average molecular weight is 407 g/mol. The number of piperazine rings is 1. The number of rotatable bonds is 3. The predicted octanol–water partition coefficient (Wildman–Crippen LogP) is 4.35. The Hall–Kier alpha value is -2.47. The number of fused-ring (bicyclic) bond motifs is 3. The van der Waals surface area contributed by atoms with Crippen LogP contribution in [-0.4, -0.2) is 41.9 Å². The van der Waals surface area contributed by atoms with Crippen molar-refractivity contribution in [1.29, 1.82) is 0 Å². The van der Waals surface area contributed by atoms with Gasteiger partial charge in [-0.1, -0.05) is 6.92 Å². The molecule has 0 amide bonds. The first kappa shape index (κ1) is 18.6. The molecule has 0 unspecified atom stereocenters. The van der Waals surface area contributed by atoms with Crippen molar-refractivity contribution in [2.24, 2.45) is 5.92 Å². The summed E-state index contributed by atoms with van der Waals surface area (Å²) in [4.78, 5) is 28.3. The highest BCUT2D eigenvalue weighted by Crippen LogP contribution is 2.40. The maximum atomic E-state index is 11.5. The Labute approximate surface area is 175 Å². The largest absolute Gasteiger partial charge is 0.368 e. The van der Waals surface area contributed by atoms with E-state index < -0.39 is 0 Å². The Balaban J connectivity index is 1.37. The van der Waals surface area contributed by atoms with Crippen LogP contribution in [0.1, 0.15) is 41.1 Å². The molecule has 6 heteroatoms. The molecule has 0 N–H and O–H groups in total. The van der Waals surface area contributed by atoms with E-state index in [-0.39, 0.29) is 5.78 Å². The fourth-order valence-corrected chi connectivity index (χ4v) is 5.93. The van der Waals surface area contributed by atoms with E-state index >= 15 is 0 Å². The van der Waals surface area contributed by atoms with Crippen molar-refractivity contribution in [3.63, 3.8) is 0 Å². The van der Waals surface area contributed by atoms with Crippen molar-refractivity contribution in [3.8, 4) is 0 Å². The number of thiophene rings is 1. The second-order valence-corrected chi connectivity index (χ2v) is 9.39. The summed E-state index contributed by atoms with van der Waals surface area (Å²) in [5.74, 6) is 2.00. The van der Waals surface area contributed by atoms with Gasteiger partial charge in [0.1, 0.15) is 17.0 Å². The molecule has 5 rings (SSSR count). The first-order valence-corrected chi connectivity index (χ1v) is 11.3. The van der Waals surface area contributed by atoms with Crippen LogP contribution in [0.25, 0.3) is 10.2 Å². The predicted molar refractivity (Wildman–Crippen MR) is 119 cm³/mol. The molecule has 0 radical (unpaired) electrons. The van der Waals surface area contributed by atoms with Gasteiger partial charge in [0.25, 0.3) is 0 Å². The fraction of sp³-hybridized carbons (Fsp3) is 0.435. The quantitative estimate of drug-likeness (QED) is 0.606. The standard InChI is InChI=1S/C23H26N4OS/c1-15-3-8-19-20(13-15)29-23-21(19)22(24-14-25-23)27-11-9-26(10-12-27)18-6-4-17(5-7-18)16(2)28/h4-7,14-15H,3,8-13H2,1-2H3/t15-/m1/s1. The molecule has 1 atom stereocenters. The molecule has 3 aromatic rings. The van der Waals surface area contributed by atoms with Crippen molar-refractivity contribution in [2.45, 2.75) is 33.1 Å². The fourth-order valence-electron chi connectivity index (χ4n) is 4.58. The molecule has 3 heterocycles. The summed E-state index contributed by atoms with van der Waals surface area (Å²) < 4.78 is 0. The number of aromatic nitrogens is 2. The molecule has 2 aromatic heterocycles. The number of benzene rings is 1. The third kappa shape index (κ3) is 3.39. The monoisotopic (exact) mass is 406 g/mol. The van der Waals surface area contributed by atoms with Gasteiger partial charge in [0, 0.05) is 42.3 Å². The normalized spacial score (nSPS) is 19.4. The molecule has 150 valence electrons. The number of nitrogens with zero attached hydrogens (tertiary/aromatic N) is 4. The summed E-state index contributed by atoms with van der Waals surface area (Å²) >= 11 is 1.87. The van der Waals surface area contributed by atoms with E-state index in [2.05, 4.69) is 33.8 Å². The van der Waals surface area contributed by atoms with Crippen LogP contribution in [0.5, 0.6) is 0 Å². The molecule has 1 aliphatic heterocycles. The highest BCUT2D eigenvalue weighted by atomic mass is 32.1. The van der Waals surface area contributed by atoms with Crippen molar-refractivity contribution in [1.82, 2.24) is 9.97 Å². The van der Waals surface area contributed by atoms with Crippen LogP contribution in [-0.2, 0) is 12.8 Å². The van der Waals surface area contributed by atoms with E-state index in [1.165, 1.54) is 34.4 Å². The molecule has 1 aliphatic carbocycles. The van der Waals surface area contributed by atoms with Crippen molar-refractivity contribution in [3.05, 3.63) is 46.6 Å². The third-order valence-corrected chi connectivity index (χ3v) is 7.45. The molecule has 0 spiro atoms. The zero-order chi connectivity index (χ0) is 20.0. The summed E-state index contributed by atoms with van der Waals surface area (Å²) in [7, 11) is 0. The summed E-state index contributed by atoms with van der Waals surface area (Å²) in [5, 5.41) is 1.30. The maximum Gasteiger partial charge on any atom is 0.159 e. The Kier molecular flexibility index (Phi) is 4.74. The summed E-state index contributed by atoms with van der Waals surface area (Å²) in [6.07, 6.45) is 5.33. The van der Waals surface area contributed by atoms with Crippen molar-refractivity contribution >= 4 is 38.8 Å². The summed E-state index contributed by atoms with van der Waals surface area (Å²) in [6, 6.07) is 7.98. The van der Waals surface area contributed by atoms with Crippen LogP contribution in [0.4, 0.5) is 11.5 Å². The minimum absolute atomic E-state index is 0.114. The smallest absolute Gasteiger partial charge is 0.159 e. The zero-order valence-corrected chi connectivity index (χ0v) is 17.8. The lowest BCUT2D eigenvalue weighted by atomic mass is 9.89. The van der Waals surface area contributed by atoms with Crippen LogP contribution in [0.15, 0.2) is 30.6 Å². The Morgan fingerprint density at radius 3 is 2.52 bits per heavy atom. The molecule has 2 aliphatic rings. The SMILES string of the molecule is CC(=O)c1ccc(N2CCN(c3ncnc4sc5c(c34)CC[C@@H](C)C5)CC2)cc1. The zero-order valence-electron chi connectivity index (χ0n) is 17.0. The first-order chi connectivity index (χ1) is 14.1. The number of hydrogen-bond acceptors (Lipinski definition) is 6. The molecule has 1 saturated heterocycles. The van der Waals surface area contributed by atoms with E-state index in [1.807, 2.05) is 23.5 Å². The molecule has 0 bridgehead atoms. The first-order valence-electron chi connectivity index (χ1n) is 10.5. The highest BCUT2D eigenvalue weighted by Gasteiger charge is 2.26. The molecule has 5 nitrogen and oxygen atoms in total. The number of ketones is 1. The Bertz CT molecular complexity index is 1050. The number of hydrogen-bond donors (Lipinski definition) is 0. The van der Waals surface area contributed by atoms with Crippen molar-refractivity contribution < 1.29 is 4.79 Å². The maximum absolute atomic E-state index is 11.5. The molecule has 29 heavy (non-hydrogen) atoms. The van der Waals surface area contributed by atoms with Crippen molar-refractivity contribution in [2.75, 3.05) is 36.0 Å². The van der Waals surface area contributed by atoms with Gasteiger partial charge in [-0.2, -0.15) is 0 Å². The number of anilines is 2. The van der Waals surface area contributed by atoms with E-state index in [0.717, 1.165) is 54.7 Å². The molecular weight excluding hydrogens is 380 g/mol. The second-order valence-electron chi connectivity index (χ2n) is 8.31. The summed E-state index contributed by atoms with van der Waals surface area (Å²) in [6.45, 7) is 7.76. The molecule has 1 aromatic carbocycles. The summed E-state index contributed by atoms with van der Waals surface area (Å²) in [5.41, 5.74) is 3.46. The van der Waals surface area contributed by atoms with Gasteiger partial charge in [-0.15, -0.1) is 11.3 Å². The van der Waals surface area contributed by atoms with E-state index in [1.54, 1.807) is 13.3 Å². The Morgan fingerprint density at radius 2 is 1.79 bits per heavy atom. The van der Waals surface area contributed by atoms with E-state index in [0.29, 0.717) is 0 Å². The molecule has 1 fully saturated rings. The minimum Gasteiger partial charge on any atom is -0.368 e. The van der Waals surface area contributed by atoms with Crippen LogP contribution in [0, 0.1) is 5.92 Å². The van der Waals surface area contributed by atoms with Gasteiger partial charge in [0.2, 0.25) is 0 Å². The highest BCUT2D eigenvalue weighted by molar-refractivity contribution is 7.19. The number of Topliss-reactive ketones (excluding diaryl/α,β-unsaturated/α-hetero) is 1. The molecular formula is C23H26N4OS.